The Hall–Kier alpha value is -2.21. The van der Waals surface area contributed by atoms with Gasteiger partial charge in [0, 0.05) is 27.6 Å². The van der Waals surface area contributed by atoms with Gasteiger partial charge in [-0.1, -0.05) is 6.58 Å². The molecule has 0 spiro atoms. The molecule has 0 unspecified atom stereocenters. The predicted octanol–water partition coefficient (Wildman–Crippen LogP) is 1.40. The number of amides is 1. The van der Waals surface area contributed by atoms with Crippen LogP contribution in [0.25, 0.3) is 0 Å². The minimum Gasteiger partial charge on any atom is -0.495 e. The summed E-state index contributed by atoms with van der Waals surface area (Å²) in [6.07, 6.45) is 1.21. The monoisotopic (exact) mass is 293 g/mol. The number of benzene rings is 1. The van der Waals surface area contributed by atoms with E-state index in [9.17, 15) is 4.79 Å². The van der Waals surface area contributed by atoms with E-state index in [1.807, 2.05) is 23.9 Å². The molecule has 1 aromatic rings. The van der Waals surface area contributed by atoms with Crippen LogP contribution >= 0.6 is 0 Å². The number of nitrogens with zero attached hydrogens (tertiary/aromatic N) is 2. The highest BCUT2D eigenvalue weighted by atomic mass is 16.5. The van der Waals surface area contributed by atoms with Gasteiger partial charge in [-0.2, -0.15) is 0 Å². The molecule has 0 saturated carbocycles. The van der Waals surface area contributed by atoms with E-state index in [0.717, 1.165) is 12.2 Å². The Morgan fingerprint density at radius 2 is 2.24 bits per heavy atom. The number of carbonyl (C=O) groups excluding carboxylic acids is 1. The molecular weight excluding hydrogens is 268 g/mol. The quantitative estimate of drug-likeness (QED) is 0.587. The second kappa shape index (κ2) is 7.54. The zero-order valence-electron chi connectivity index (χ0n) is 13.8. The summed E-state index contributed by atoms with van der Waals surface area (Å²) in [6, 6.07) is 3.45. The van der Waals surface area contributed by atoms with E-state index in [-0.39, 0.29) is 12.9 Å². The summed E-state index contributed by atoms with van der Waals surface area (Å²) in [7, 11) is 5.57. The Labute approximate surface area is 127 Å². The van der Waals surface area contributed by atoms with Crippen LogP contribution in [0.4, 0.5) is 17.1 Å². The van der Waals surface area contributed by atoms with Crippen molar-refractivity contribution in [1.82, 2.24) is 4.90 Å². The van der Waals surface area contributed by atoms with E-state index in [2.05, 4.69) is 11.9 Å². The van der Waals surface area contributed by atoms with Crippen molar-refractivity contribution in [2.24, 2.45) is 0 Å². The molecule has 6 nitrogen and oxygen atoms in total. The molecule has 0 bridgehead atoms. The first kappa shape index (κ1) is 15.2. The second-order valence-corrected chi connectivity index (χ2v) is 4.81. The average Bonchev–Trinajstić information content (AvgIpc) is 2.52. The summed E-state index contributed by atoms with van der Waals surface area (Å²) >= 11 is 0. The summed E-state index contributed by atoms with van der Waals surface area (Å²) in [4.78, 5) is 15.4. The second-order valence-electron chi connectivity index (χ2n) is 4.81. The summed E-state index contributed by atoms with van der Waals surface area (Å²) in [5.74, 6) is 0.245. The van der Waals surface area contributed by atoms with E-state index in [1.165, 1.54) is 6.08 Å². The van der Waals surface area contributed by atoms with Crippen molar-refractivity contribution >= 4 is 23.0 Å². The molecule has 0 fully saturated rings. The molecule has 3 N–H and O–H groups in total. The number of nitrogen functional groups attached to an aromatic ring is 1. The van der Waals surface area contributed by atoms with Gasteiger partial charge in [-0.05, 0) is 26.2 Å². The summed E-state index contributed by atoms with van der Waals surface area (Å²) in [6.45, 7) is 4.87. The SMILES string of the molecule is [2H]CN(C)CCN(C)c1cc(OC)c(N)cc1NC(=O)C=C. The van der Waals surface area contributed by atoms with E-state index in [0.29, 0.717) is 23.7 Å². The van der Waals surface area contributed by atoms with Crippen molar-refractivity contribution in [3.8, 4) is 5.75 Å². The van der Waals surface area contributed by atoms with Gasteiger partial charge in [0.15, 0.2) is 0 Å². The normalized spacial score (nSPS) is 11.0. The number of nitrogens with two attached hydrogens (primary N) is 1. The van der Waals surface area contributed by atoms with Crippen LogP contribution in [0.3, 0.4) is 0 Å². The first-order chi connectivity index (χ1) is 10.4. The topological polar surface area (TPSA) is 70.8 Å². The molecule has 116 valence electrons. The van der Waals surface area contributed by atoms with Gasteiger partial charge in [0.2, 0.25) is 5.91 Å². The Kier molecular flexibility index (Phi) is 5.45. The molecule has 0 aliphatic rings. The lowest BCUT2D eigenvalue weighted by Gasteiger charge is -2.25. The fraction of sp³-hybridized carbons (Fsp3) is 0.400. The molecule has 0 heterocycles. The third kappa shape index (κ3) is 4.68. The van der Waals surface area contributed by atoms with Crippen molar-refractivity contribution in [2.75, 3.05) is 57.3 Å². The number of anilines is 3. The molecule has 21 heavy (non-hydrogen) atoms. The molecule has 1 rings (SSSR count). The van der Waals surface area contributed by atoms with Crippen molar-refractivity contribution in [1.29, 1.82) is 0 Å². The number of nitrogens with one attached hydrogen (secondary N) is 1. The van der Waals surface area contributed by atoms with Gasteiger partial charge in [0.05, 0.1) is 24.2 Å². The molecule has 0 aliphatic heterocycles. The molecule has 0 aliphatic carbocycles. The molecular formula is C15H24N4O2. The van der Waals surface area contributed by atoms with Crippen LogP contribution in [0.2, 0.25) is 0 Å². The van der Waals surface area contributed by atoms with E-state index in [4.69, 9.17) is 11.8 Å². The first-order valence-corrected chi connectivity index (χ1v) is 6.52. The minimum atomic E-state index is -0.303. The number of hydrogen-bond acceptors (Lipinski definition) is 5. The fourth-order valence-corrected chi connectivity index (χ4v) is 1.80. The highest BCUT2D eigenvalue weighted by molar-refractivity contribution is 6.02. The maximum Gasteiger partial charge on any atom is 0.247 e. The molecule has 1 amide bonds. The zero-order chi connectivity index (χ0) is 16.7. The summed E-state index contributed by atoms with van der Waals surface area (Å²) < 4.78 is 12.6. The van der Waals surface area contributed by atoms with Crippen LogP contribution in [0.5, 0.6) is 5.75 Å². The Bertz CT molecular complexity index is 537. The van der Waals surface area contributed by atoms with Gasteiger partial charge in [-0.3, -0.25) is 4.79 Å². The Balaban J connectivity index is 3.06. The molecule has 0 atom stereocenters. The predicted molar refractivity (Wildman–Crippen MR) is 88.1 cm³/mol. The first-order valence-electron chi connectivity index (χ1n) is 7.23. The molecule has 6 heteroatoms. The van der Waals surface area contributed by atoms with Gasteiger partial charge in [0.1, 0.15) is 5.75 Å². The Morgan fingerprint density at radius 1 is 1.52 bits per heavy atom. The van der Waals surface area contributed by atoms with Crippen LogP contribution in [0, 0.1) is 0 Å². The molecule has 0 saturated heterocycles. The number of ether oxygens (including phenoxy) is 1. The highest BCUT2D eigenvalue weighted by Crippen LogP contribution is 2.34. The number of hydrogen-bond donors (Lipinski definition) is 2. The van der Waals surface area contributed by atoms with E-state index >= 15 is 0 Å². The number of likely N-dealkylation sites (N-methyl/N-ethyl adjacent to an activating group) is 2. The maximum absolute atomic E-state index is 11.6. The summed E-state index contributed by atoms with van der Waals surface area (Å²) in [5, 5.41) is 2.75. The van der Waals surface area contributed by atoms with Gasteiger partial charge in [0.25, 0.3) is 0 Å². The van der Waals surface area contributed by atoms with Crippen molar-refractivity contribution in [3.05, 3.63) is 24.8 Å². The number of rotatable bonds is 7. The third-order valence-corrected chi connectivity index (χ3v) is 3.02. The van der Waals surface area contributed by atoms with Crippen molar-refractivity contribution in [2.45, 2.75) is 0 Å². The lowest BCUT2D eigenvalue weighted by Crippen LogP contribution is -2.29. The molecule has 0 radical (unpaired) electrons. The van der Waals surface area contributed by atoms with E-state index in [1.54, 1.807) is 19.2 Å². The van der Waals surface area contributed by atoms with Crippen LogP contribution in [-0.2, 0) is 4.79 Å². The third-order valence-electron chi connectivity index (χ3n) is 3.02. The van der Waals surface area contributed by atoms with Crippen molar-refractivity contribution in [3.63, 3.8) is 0 Å². The lowest BCUT2D eigenvalue weighted by atomic mass is 10.2. The fourth-order valence-electron chi connectivity index (χ4n) is 1.80. The largest absolute Gasteiger partial charge is 0.495 e. The summed E-state index contributed by atoms with van der Waals surface area (Å²) in [5.41, 5.74) is 7.74. The standard InChI is InChI=1S/C15H24N4O2/c1-6-15(20)17-12-9-11(16)14(21-5)10-13(12)19(4)8-7-18(2)3/h6,9-10H,1,7-8,16H2,2-5H3,(H,17,20)/i2D. The van der Waals surface area contributed by atoms with Gasteiger partial charge in [-0.15, -0.1) is 0 Å². The van der Waals surface area contributed by atoms with Gasteiger partial charge >= 0.3 is 0 Å². The van der Waals surface area contributed by atoms with Crippen LogP contribution in [0.15, 0.2) is 24.8 Å². The van der Waals surface area contributed by atoms with Gasteiger partial charge in [-0.25, -0.2) is 0 Å². The lowest BCUT2D eigenvalue weighted by molar-refractivity contribution is -0.111. The molecule has 1 aromatic carbocycles. The van der Waals surface area contributed by atoms with Gasteiger partial charge < -0.3 is 25.6 Å². The zero-order valence-corrected chi connectivity index (χ0v) is 12.8. The van der Waals surface area contributed by atoms with Crippen LogP contribution in [0.1, 0.15) is 1.37 Å². The maximum atomic E-state index is 11.6. The smallest absolute Gasteiger partial charge is 0.247 e. The Morgan fingerprint density at radius 3 is 2.81 bits per heavy atom. The number of methoxy groups -OCH3 is 1. The molecule has 0 aromatic heterocycles. The van der Waals surface area contributed by atoms with Crippen LogP contribution in [-0.4, -0.2) is 52.1 Å². The van der Waals surface area contributed by atoms with Crippen LogP contribution < -0.4 is 20.7 Å². The van der Waals surface area contributed by atoms with E-state index < -0.39 is 0 Å². The van der Waals surface area contributed by atoms with Crippen molar-refractivity contribution < 1.29 is 10.9 Å². The minimum absolute atomic E-state index is 0.235. The highest BCUT2D eigenvalue weighted by Gasteiger charge is 2.13. The number of carbonyl (C=O) groups is 1. The average molecular weight is 293 g/mol.